The first kappa shape index (κ1) is 18.7. The summed E-state index contributed by atoms with van der Waals surface area (Å²) in [5.74, 6) is -0.957. The highest BCUT2D eigenvalue weighted by atomic mass is 16.6. The molecule has 1 unspecified atom stereocenters. The Morgan fingerprint density at radius 3 is 1.95 bits per heavy atom. The maximum atomic E-state index is 12.4. The third-order valence-electron chi connectivity index (χ3n) is 3.22. The van der Waals surface area contributed by atoms with Crippen LogP contribution in [0.2, 0.25) is 0 Å². The average Bonchev–Trinajstić information content (AvgIpc) is 2.31. The summed E-state index contributed by atoms with van der Waals surface area (Å²) in [6.45, 7) is 11.4. The molecule has 1 atom stereocenters. The number of amides is 1. The van der Waals surface area contributed by atoms with E-state index in [2.05, 4.69) is 0 Å². The van der Waals surface area contributed by atoms with E-state index in [1.54, 1.807) is 27.7 Å². The molecule has 0 aromatic heterocycles. The van der Waals surface area contributed by atoms with E-state index in [1.807, 2.05) is 13.8 Å². The molecular weight excluding hydrogens is 258 g/mol. The minimum atomic E-state index is -1.17. The Hall–Kier alpha value is -1.26. The van der Waals surface area contributed by atoms with E-state index < -0.39 is 23.2 Å². The van der Waals surface area contributed by atoms with Crippen LogP contribution in [0.4, 0.5) is 4.79 Å². The van der Waals surface area contributed by atoms with Crippen LogP contribution in [0.25, 0.3) is 0 Å². The average molecular weight is 287 g/mol. The van der Waals surface area contributed by atoms with Crippen molar-refractivity contribution >= 4 is 12.1 Å². The van der Waals surface area contributed by atoms with Gasteiger partial charge in [0.2, 0.25) is 0 Å². The standard InChI is InChI=1S/C15H29NO4/c1-7-10-15(9-3,12(17)18)16(11-8-2)13(19)20-14(4,5)6/h7-11H2,1-6H3,(H,17,18). The molecule has 0 aromatic rings. The number of ether oxygens (including phenoxy) is 1. The molecular formula is C15H29NO4. The van der Waals surface area contributed by atoms with Crippen LogP contribution in [-0.2, 0) is 9.53 Å². The number of aliphatic carboxylic acids is 1. The van der Waals surface area contributed by atoms with E-state index in [0.717, 1.165) is 0 Å². The third kappa shape index (κ3) is 4.69. The monoisotopic (exact) mass is 287 g/mol. The fourth-order valence-electron chi connectivity index (χ4n) is 2.31. The number of carbonyl (C=O) groups excluding carboxylic acids is 1. The zero-order valence-electron chi connectivity index (χ0n) is 13.7. The van der Waals surface area contributed by atoms with Crippen molar-refractivity contribution in [2.45, 2.75) is 78.4 Å². The van der Waals surface area contributed by atoms with Crippen LogP contribution in [0.5, 0.6) is 0 Å². The van der Waals surface area contributed by atoms with Crippen LogP contribution < -0.4 is 0 Å². The van der Waals surface area contributed by atoms with Gasteiger partial charge in [-0.15, -0.1) is 0 Å². The topological polar surface area (TPSA) is 66.8 Å². The van der Waals surface area contributed by atoms with Gasteiger partial charge in [0, 0.05) is 6.54 Å². The Kier molecular flexibility index (Phi) is 7.03. The van der Waals surface area contributed by atoms with Crippen LogP contribution in [0, 0.1) is 0 Å². The molecule has 1 amide bonds. The van der Waals surface area contributed by atoms with Crippen molar-refractivity contribution in [2.24, 2.45) is 0 Å². The van der Waals surface area contributed by atoms with Crippen LogP contribution in [-0.4, -0.2) is 39.8 Å². The predicted octanol–water partition coefficient (Wildman–Crippen LogP) is 3.67. The first-order chi connectivity index (χ1) is 9.14. The zero-order chi connectivity index (χ0) is 16.0. The minimum Gasteiger partial charge on any atom is -0.479 e. The van der Waals surface area contributed by atoms with E-state index in [9.17, 15) is 14.7 Å². The van der Waals surface area contributed by atoms with Crippen molar-refractivity contribution in [3.8, 4) is 0 Å². The molecule has 0 aliphatic rings. The molecule has 0 aliphatic carbocycles. The lowest BCUT2D eigenvalue weighted by Crippen LogP contribution is -2.58. The Morgan fingerprint density at radius 2 is 1.65 bits per heavy atom. The lowest BCUT2D eigenvalue weighted by atomic mass is 9.88. The molecule has 118 valence electrons. The Morgan fingerprint density at radius 1 is 1.10 bits per heavy atom. The van der Waals surface area contributed by atoms with Crippen molar-refractivity contribution in [1.29, 1.82) is 0 Å². The molecule has 5 heteroatoms. The SMILES string of the molecule is CCCN(C(=O)OC(C)(C)C)C(CC)(CCC)C(=O)O. The Bertz CT molecular complexity index is 335. The van der Waals surface area contributed by atoms with Crippen molar-refractivity contribution in [1.82, 2.24) is 4.90 Å². The number of rotatable bonds is 7. The number of nitrogens with zero attached hydrogens (tertiary/aromatic N) is 1. The molecule has 0 aliphatic heterocycles. The highest BCUT2D eigenvalue weighted by molar-refractivity contribution is 5.84. The lowest BCUT2D eigenvalue weighted by molar-refractivity contribution is -0.152. The van der Waals surface area contributed by atoms with Gasteiger partial charge in [-0.05, 0) is 40.0 Å². The van der Waals surface area contributed by atoms with Gasteiger partial charge in [-0.2, -0.15) is 0 Å². The van der Waals surface area contributed by atoms with Gasteiger partial charge in [0.25, 0.3) is 0 Å². The van der Waals surface area contributed by atoms with Crippen molar-refractivity contribution in [3.63, 3.8) is 0 Å². The summed E-state index contributed by atoms with van der Waals surface area (Å²) in [4.78, 5) is 25.5. The van der Waals surface area contributed by atoms with E-state index in [1.165, 1.54) is 4.90 Å². The number of carbonyl (C=O) groups is 2. The fraction of sp³-hybridized carbons (Fsp3) is 0.867. The summed E-state index contributed by atoms with van der Waals surface area (Å²) in [5.41, 5.74) is -1.81. The number of hydrogen-bond acceptors (Lipinski definition) is 3. The molecule has 1 N–H and O–H groups in total. The van der Waals surface area contributed by atoms with Crippen molar-refractivity contribution in [2.75, 3.05) is 6.54 Å². The van der Waals surface area contributed by atoms with Gasteiger partial charge in [0.15, 0.2) is 0 Å². The Labute approximate surface area is 122 Å². The highest BCUT2D eigenvalue weighted by Crippen LogP contribution is 2.28. The molecule has 0 rings (SSSR count). The number of carboxylic acid groups (broad SMARTS) is 1. The fourth-order valence-corrected chi connectivity index (χ4v) is 2.31. The molecule has 0 saturated carbocycles. The van der Waals surface area contributed by atoms with E-state index in [-0.39, 0.29) is 0 Å². The van der Waals surface area contributed by atoms with Crippen molar-refractivity contribution in [3.05, 3.63) is 0 Å². The summed E-state index contributed by atoms with van der Waals surface area (Å²) < 4.78 is 5.38. The highest BCUT2D eigenvalue weighted by Gasteiger charge is 2.45. The minimum absolute atomic E-state index is 0.370. The lowest BCUT2D eigenvalue weighted by Gasteiger charge is -2.40. The quantitative estimate of drug-likeness (QED) is 0.776. The molecule has 0 fully saturated rings. The molecule has 20 heavy (non-hydrogen) atoms. The number of carboxylic acids is 1. The van der Waals surface area contributed by atoms with Gasteiger partial charge < -0.3 is 9.84 Å². The van der Waals surface area contributed by atoms with Crippen LogP contribution in [0.1, 0.15) is 67.2 Å². The molecule has 0 bridgehead atoms. The van der Waals surface area contributed by atoms with Crippen LogP contribution >= 0.6 is 0 Å². The van der Waals surface area contributed by atoms with Gasteiger partial charge >= 0.3 is 12.1 Å². The smallest absolute Gasteiger partial charge is 0.411 e. The molecule has 5 nitrogen and oxygen atoms in total. The normalized spacial score (nSPS) is 14.5. The molecule has 0 spiro atoms. The summed E-state index contributed by atoms with van der Waals surface area (Å²) in [5, 5.41) is 9.65. The van der Waals surface area contributed by atoms with Gasteiger partial charge in [0.05, 0.1) is 0 Å². The molecule has 0 radical (unpaired) electrons. The second kappa shape index (κ2) is 7.50. The zero-order valence-corrected chi connectivity index (χ0v) is 13.7. The van der Waals surface area contributed by atoms with E-state index in [0.29, 0.717) is 32.2 Å². The maximum Gasteiger partial charge on any atom is 0.411 e. The van der Waals surface area contributed by atoms with Gasteiger partial charge in [-0.25, -0.2) is 9.59 Å². The predicted molar refractivity (Wildman–Crippen MR) is 78.8 cm³/mol. The van der Waals surface area contributed by atoms with Crippen LogP contribution in [0.3, 0.4) is 0 Å². The van der Waals surface area contributed by atoms with Gasteiger partial charge in [0.1, 0.15) is 11.1 Å². The van der Waals surface area contributed by atoms with Gasteiger partial charge in [-0.1, -0.05) is 27.2 Å². The largest absolute Gasteiger partial charge is 0.479 e. The summed E-state index contributed by atoms with van der Waals surface area (Å²) in [7, 11) is 0. The summed E-state index contributed by atoms with van der Waals surface area (Å²) in [6, 6.07) is 0. The number of hydrogen-bond donors (Lipinski definition) is 1. The van der Waals surface area contributed by atoms with Gasteiger partial charge in [-0.3, -0.25) is 4.90 Å². The first-order valence-corrected chi connectivity index (χ1v) is 7.38. The van der Waals surface area contributed by atoms with E-state index in [4.69, 9.17) is 4.74 Å². The molecule has 0 aromatic carbocycles. The third-order valence-corrected chi connectivity index (χ3v) is 3.22. The van der Waals surface area contributed by atoms with Crippen molar-refractivity contribution < 1.29 is 19.4 Å². The molecule has 0 saturated heterocycles. The van der Waals surface area contributed by atoms with E-state index >= 15 is 0 Å². The maximum absolute atomic E-state index is 12.4. The summed E-state index contributed by atoms with van der Waals surface area (Å²) in [6.07, 6.45) is 1.64. The second-order valence-electron chi connectivity index (χ2n) is 6.07. The second-order valence-corrected chi connectivity index (χ2v) is 6.07. The summed E-state index contributed by atoms with van der Waals surface area (Å²) >= 11 is 0. The molecule has 0 heterocycles. The van der Waals surface area contributed by atoms with Crippen LogP contribution in [0.15, 0.2) is 0 Å². The Balaban J connectivity index is 5.48. The first-order valence-electron chi connectivity index (χ1n) is 7.38.